The Bertz CT molecular complexity index is 1100. The highest BCUT2D eigenvalue weighted by atomic mass is 19.2. The summed E-state index contributed by atoms with van der Waals surface area (Å²) in [5, 5.41) is 9.17. The molecule has 0 saturated heterocycles. The number of halogens is 2. The van der Waals surface area contributed by atoms with Crippen molar-refractivity contribution in [3.8, 4) is 0 Å². The molecule has 3 amide bonds. The highest BCUT2D eigenvalue weighted by Crippen LogP contribution is 2.18. The van der Waals surface area contributed by atoms with Crippen molar-refractivity contribution in [2.24, 2.45) is 0 Å². The fourth-order valence-corrected chi connectivity index (χ4v) is 2.88. The van der Waals surface area contributed by atoms with Gasteiger partial charge in [-0.3, -0.25) is 14.4 Å². The lowest BCUT2D eigenvalue weighted by molar-refractivity contribution is -0.126. The number of carbonyl (C=O) groups is 3. The van der Waals surface area contributed by atoms with Gasteiger partial charge >= 0.3 is 0 Å². The maximum absolute atomic E-state index is 13.1. The van der Waals surface area contributed by atoms with Crippen LogP contribution in [0.2, 0.25) is 0 Å². The van der Waals surface area contributed by atoms with E-state index in [0.29, 0.717) is 0 Å². The molecule has 0 radical (unpaired) electrons. The third-order valence-electron chi connectivity index (χ3n) is 4.33. The molecule has 3 N–H and O–H groups in total. The van der Waals surface area contributed by atoms with E-state index in [2.05, 4.69) is 16.0 Å². The van der Waals surface area contributed by atoms with Gasteiger partial charge in [-0.05, 0) is 28.5 Å². The van der Waals surface area contributed by atoms with Crippen LogP contribution in [-0.2, 0) is 20.8 Å². The molecule has 0 heterocycles. The number of hydrogen-bond donors (Lipinski definition) is 3. The minimum Gasteiger partial charge on any atom is -0.347 e. The average molecular weight is 411 g/mol. The Kier molecular flexibility index (Phi) is 6.69. The maximum atomic E-state index is 13.1. The van der Waals surface area contributed by atoms with Gasteiger partial charge in [-0.1, -0.05) is 42.5 Å². The number of nitrogens with one attached hydrogen (secondary N) is 3. The molecule has 0 bridgehead atoms. The molecular weight excluding hydrogens is 392 g/mol. The van der Waals surface area contributed by atoms with Crippen LogP contribution < -0.4 is 16.0 Å². The van der Waals surface area contributed by atoms with Crippen LogP contribution in [0.5, 0.6) is 0 Å². The Balaban J connectivity index is 1.43. The smallest absolute Gasteiger partial charge is 0.243 e. The summed E-state index contributed by atoms with van der Waals surface area (Å²) in [5.74, 6) is -3.61. The van der Waals surface area contributed by atoms with Gasteiger partial charge in [0.1, 0.15) is 0 Å². The van der Waals surface area contributed by atoms with Gasteiger partial charge < -0.3 is 16.0 Å². The summed E-state index contributed by atoms with van der Waals surface area (Å²) < 4.78 is 26.0. The van der Waals surface area contributed by atoms with E-state index < -0.39 is 23.4 Å². The zero-order valence-corrected chi connectivity index (χ0v) is 15.9. The van der Waals surface area contributed by atoms with Gasteiger partial charge in [-0.2, -0.15) is 0 Å². The van der Waals surface area contributed by atoms with Crippen molar-refractivity contribution in [3.63, 3.8) is 0 Å². The Hall–Kier alpha value is -3.81. The third kappa shape index (κ3) is 5.60. The quantitative estimate of drug-likeness (QED) is 0.558. The normalized spacial score (nSPS) is 10.5. The number of amides is 3. The van der Waals surface area contributed by atoms with E-state index in [-0.39, 0.29) is 31.1 Å². The molecule has 8 heteroatoms. The van der Waals surface area contributed by atoms with Crippen molar-refractivity contribution in [2.45, 2.75) is 6.42 Å². The molecule has 0 aromatic heterocycles. The van der Waals surface area contributed by atoms with Crippen molar-refractivity contribution in [1.29, 1.82) is 0 Å². The van der Waals surface area contributed by atoms with Crippen LogP contribution in [0, 0.1) is 11.6 Å². The van der Waals surface area contributed by atoms with Gasteiger partial charge in [0.25, 0.3) is 0 Å². The molecule has 0 saturated carbocycles. The van der Waals surface area contributed by atoms with Crippen molar-refractivity contribution in [2.75, 3.05) is 18.4 Å². The molecule has 3 aromatic carbocycles. The number of fused-ring (bicyclic) bond motifs is 1. The number of anilines is 1. The van der Waals surface area contributed by atoms with Crippen molar-refractivity contribution in [3.05, 3.63) is 77.9 Å². The van der Waals surface area contributed by atoms with E-state index in [1.807, 2.05) is 42.5 Å². The van der Waals surface area contributed by atoms with Crippen LogP contribution in [-0.4, -0.2) is 30.8 Å². The fourth-order valence-electron chi connectivity index (χ4n) is 2.88. The second kappa shape index (κ2) is 9.60. The number of carbonyl (C=O) groups excluding carboxylic acids is 3. The Morgan fingerprint density at radius 2 is 1.43 bits per heavy atom. The molecule has 0 atom stereocenters. The lowest BCUT2D eigenvalue weighted by Gasteiger charge is -2.09. The van der Waals surface area contributed by atoms with Crippen molar-refractivity contribution >= 4 is 34.2 Å². The van der Waals surface area contributed by atoms with Crippen LogP contribution in [0.3, 0.4) is 0 Å². The van der Waals surface area contributed by atoms with Crippen LogP contribution in [0.15, 0.2) is 60.7 Å². The second-order valence-corrected chi connectivity index (χ2v) is 6.55. The molecule has 0 aliphatic rings. The lowest BCUT2D eigenvalue weighted by Crippen LogP contribution is -2.40. The van der Waals surface area contributed by atoms with Gasteiger partial charge in [-0.15, -0.1) is 0 Å². The lowest BCUT2D eigenvalue weighted by atomic mass is 10.0. The topological polar surface area (TPSA) is 87.3 Å². The number of benzene rings is 3. The van der Waals surface area contributed by atoms with Gasteiger partial charge in [0.05, 0.1) is 19.5 Å². The Morgan fingerprint density at radius 1 is 0.733 bits per heavy atom. The number of rotatable bonds is 7. The molecule has 0 aliphatic carbocycles. The summed E-state index contributed by atoms with van der Waals surface area (Å²) >= 11 is 0. The standard InChI is InChI=1S/C22H19F2N3O3/c23-18-9-8-16(11-19(18)24)27-22(30)13-26-21(29)12-25-20(28)10-15-6-3-5-14-4-1-2-7-17(14)15/h1-9,11H,10,12-13H2,(H,25,28)(H,26,29)(H,27,30). The van der Waals surface area contributed by atoms with E-state index in [1.165, 1.54) is 6.07 Å². The van der Waals surface area contributed by atoms with Crippen LogP contribution in [0.1, 0.15) is 5.56 Å². The summed E-state index contributed by atoms with van der Waals surface area (Å²) in [6, 6.07) is 16.3. The summed E-state index contributed by atoms with van der Waals surface area (Å²) in [6.07, 6.45) is 0.116. The first kappa shape index (κ1) is 20.9. The second-order valence-electron chi connectivity index (χ2n) is 6.55. The van der Waals surface area contributed by atoms with E-state index in [4.69, 9.17) is 0 Å². The molecule has 0 spiro atoms. The molecule has 0 fully saturated rings. The SMILES string of the molecule is O=C(CNC(=O)Cc1cccc2ccccc12)NCC(=O)Nc1ccc(F)c(F)c1. The maximum Gasteiger partial charge on any atom is 0.243 e. The summed E-state index contributed by atoms with van der Waals surface area (Å²) in [4.78, 5) is 35.8. The molecule has 0 aliphatic heterocycles. The van der Waals surface area contributed by atoms with Crippen molar-refractivity contribution < 1.29 is 23.2 Å². The highest BCUT2D eigenvalue weighted by Gasteiger charge is 2.11. The van der Waals surface area contributed by atoms with Gasteiger partial charge in [0.2, 0.25) is 17.7 Å². The van der Waals surface area contributed by atoms with E-state index >= 15 is 0 Å². The van der Waals surface area contributed by atoms with Gasteiger partial charge in [0.15, 0.2) is 11.6 Å². The molecule has 0 unspecified atom stereocenters. The van der Waals surface area contributed by atoms with Gasteiger partial charge in [0, 0.05) is 11.8 Å². The zero-order valence-electron chi connectivity index (χ0n) is 15.9. The van der Waals surface area contributed by atoms with E-state index in [9.17, 15) is 23.2 Å². The highest BCUT2D eigenvalue weighted by molar-refractivity contribution is 5.95. The molecule has 6 nitrogen and oxygen atoms in total. The van der Waals surface area contributed by atoms with Crippen LogP contribution >= 0.6 is 0 Å². The fraction of sp³-hybridized carbons (Fsp3) is 0.136. The average Bonchev–Trinajstić information content (AvgIpc) is 2.74. The molecule has 3 rings (SSSR count). The third-order valence-corrected chi connectivity index (χ3v) is 4.33. The Morgan fingerprint density at radius 3 is 2.23 bits per heavy atom. The van der Waals surface area contributed by atoms with E-state index in [0.717, 1.165) is 28.5 Å². The van der Waals surface area contributed by atoms with Crippen molar-refractivity contribution in [1.82, 2.24) is 10.6 Å². The van der Waals surface area contributed by atoms with Gasteiger partial charge in [-0.25, -0.2) is 8.78 Å². The minimum absolute atomic E-state index is 0.0662. The Labute approximate surface area is 171 Å². The predicted octanol–water partition coefficient (Wildman–Crippen LogP) is 2.53. The molecule has 3 aromatic rings. The first-order valence-corrected chi connectivity index (χ1v) is 9.17. The summed E-state index contributed by atoms with van der Waals surface area (Å²) in [5.41, 5.74) is 0.911. The monoisotopic (exact) mass is 411 g/mol. The molecule has 30 heavy (non-hydrogen) atoms. The van der Waals surface area contributed by atoms with Crippen LogP contribution in [0.4, 0.5) is 14.5 Å². The first-order valence-electron chi connectivity index (χ1n) is 9.17. The van der Waals surface area contributed by atoms with Crippen LogP contribution in [0.25, 0.3) is 10.8 Å². The minimum atomic E-state index is -1.09. The van der Waals surface area contributed by atoms with E-state index in [1.54, 1.807) is 0 Å². The largest absolute Gasteiger partial charge is 0.347 e. The number of hydrogen-bond acceptors (Lipinski definition) is 3. The molecular formula is C22H19F2N3O3. The first-order chi connectivity index (χ1) is 14.4. The summed E-state index contributed by atoms with van der Waals surface area (Å²) in [6.45, 7) is -0.668. The summed E-state index contributed by atoms with van der Waals surface area (Å²) in [7, 11) is 0. The predicted molar refractivity (Wildman–Crippen MR) is 109 cm³/mol. The molecule has 154 valence electrons. The zero-order chi connectivity index (χ0) is 21.5.